The third-order valence-corrected chi connectivity index (χ3v) is 17.4. The first-order valence-corrected chi connectivity index (χ1v) is 35.7. The quantitative estimate of drug-likeness (QED) is 0.0652. The smallest absolute Gasteiger partial charge is 0.0464 e. The molecule has 0 bridgehead atoms. The van der Waals surface area contributed by atoms with Gasteiger partial charge in [0.15, 0.2) is 0 Å². The summed E-state index contributed by atoms with van der Waals surface area (Å²) in [5.41, 5.74) is 18.4. The number of benzene rings is 18. The Morgan fingerprint density at radius 1 is 0.113 bits per heavy atom. The normalized spacial score (nSPS) is 10.3. The van der Waals surface area contributed by atoms with Gasteiger partial charge in [-0.1, -0.05) is 334 Å². The minimum Gasteiger partial charge on any atom is -0.356 e. The summed E-state index contributed by atoms with van der Waals surface area (Å²) in [6.45, 7) is 0. The second-order valence-electron chi connectivity index (χ2n) is 25.0. The van der Waals surface area contributed by atoms with E-state index in [1.807, 2.05) is 146 Å². The number of anilines is 12. The minimum absolute atomic E-state index is 1.10. The molecule has 18 rings (SSSR count). The van der Waals surface area contributed by atoms with E-state index in [1.165, 1.54) is 65.3 Å². The van der Waals surface area contributed by atoms with Crippen LogP contribution in [0.3, 0.4) is 0 Å². The molecule has 0 amide bonds. The predicted octanol–water partition coefficient (Wildman–Crippen LogP) is 28.5. The van der Waals surface area contributed by atoms with E-state index < -0.39 is 0 Å². The van der Waals surface area contributed by atoms with Gasteiger partial charge in [0, 0.05) is 84.4 Å². The SMILES string of the molecule is c1ccc(Nc2ccc(-c3ccccc3)cc2)cc1.c1ccc(Nc2ccc3ccccc3c2)cc1.c1ccc(Nc2cccc(-c3ccccc3)c2)cc1.c1ccc(Nc2cccc3ccccc23)cc1.c1ccc(Nc2ccccc2)cc1.c1ccc2c(Nc3cccc4ccccc34)cccc2c1. The van der Waals surface area contributed by atoms with Crippen LogP contribution in [0, 0.1) is 0 Å². The van der Waals surface area contributed by atoms with E-state index in [-0.39, 0.29) is 0 Å². The fourth-order valence-corrected chi connectivity index (χ4v) is 12.2. The van der Waals surface area contributed by atoms with Gasteiger partial charge in [0.1, 0.15) is 0 Å². The number of nitrogens with one attached hydrogen (secondary N) is 6. The number of hydrogen-bond acceptors (Lipinski definition) is 6. The highest BCUT2D eigenvalue weighted by Gasteiger charge is 2.06. The van der Waals surface area contributed by atoms with Gasteiger partial charge >= 0.3 is 0 Å². The van der Waals surface area contributed by atoms with Gasteiger partial charge in [-0.2, -0.15) is 0 Å². The van der Waals surface area contributed by atoms with Crippen molar-refractivity contribution >= 4 is 111 Å². The molecule has 512 valence electrons. The van der Waals surface area contributed by atoms with Crippen LogP contribution in [-0.4, -0.2) is 0 Å². The van der Waals surface area contributed by atoms with Gasteiger partial charge in [-0.25, -0.2) is 0 Å². The molecule has 0 aromatic heterocycles. The van der Waals surface area contributed by atoms with Crippen LogP contribution in [0.4, 0.5) is 68.2 Å². The Labute approximate surface area is 622 Å². The highest BCUT2D eigenvalue weighted by atomic mass is 14.9. The molecule has 6 heteroatoms. The standard InChI is InChI=1S/C20H15N.2C18H15N.2C16H13N.C12H11N/c1-3-11-17-15(7-1)9-5-13-19(17)21-20-14-6-10-16-8-2-4-12-18(16)20;1-3-8-15(9-4-1)16-10-7-13-18(14-16)19-17-11-5-2-6-12-17;1-3-7-15(8-4-1)16-11-13-18(14-12-16)19-17-9-5-2-6-10-17;1-2-9-14(10-3-1)17-16-12-6-8-13-7-4-5-11-15(13)16;1-2-8-15(9-3-1)17-16-11-10-13-6-4-5-7-14(13)12-16;1-3-7-11(8-4-1)13-12-9-5-2-6-10-12/h1-14,21H;2*1-14,19H;2*1-12,17H;1-10,13H. The molecule has 0 heterocycles. The molecule has 0 fully saturated rings. The predicted molar refractivity (Wildman–Crippen MR) is 458 cm³/mol. The zero-order valence-electron chi connectivity index (χ0n) is 58.9. The molecule has 18 aromatic carbocycles. The lowest BCUT2D eigenvalue weighted by Gasteiger charge is -2.12. The highest BCUT2D eigenvalue weighted by molar-refractivity contribution is 6.01. The van der Waals surface area contributed by atoms with Crippen LogP contribution in [-0.2, 0) is 0 Å². The third-order valence-electron chi connectivity index (χ3n) is 17.4. The molecule has 6 nitrogen and oxygen atoms in total. The molecule has 6 N–H and O–H groups in total. The summed E-state index contributed by atoms with van der Waals surface area (Å²) in [6, 6.07) is 158. The van der Waals surface area contributed by atoms with Crippen molar-refractivity contribution in [2.45, 2.75) is 0 Å². The van der Waals surface area contributed by atoms with Crippen LogP contribution in [0.2, 0.25) is 0 Å². The zero-order chi connectivity index (χ0) is 71.8. The van der Waals surface area contributed by atoms with E-state index in [0.717, 1.165) is 68.2 Å². The average Bonchev–Trinajstić information content (AvgIpc) is 0.815. The molecular weight excluding hydrogens is 1290 g/mol. The van der Waals surface area contributed by atoms with E-state index in [1.54, 1.807) is 0 Å². The number of hydrogen-bond donors (Lipinski definition) is 6. The van der Waals surface area contributed by atoms with Crippen molar-refractivity contribution in [3.63, 3.8) is 0 Å². The molecule has 0 aliphatic heterocycles. The lowest BCUT2D eigenvalue weighted by Crippen LogP contribution is -1.92. The first-order valence-electron chi connectivity index (χ1n) is 35.7. The van der Waals surface area contributed by atoms with Gasteiger partial charge < -0.3 is 31.9 Å². The molecule has 0 saturated carbocycles. The summed E-state index contributed by atoms with van der Waals surface area (Å²) in [7, 11) is 0. The Kier molecular flexibility index (Phi) is 24.8. The van der Waals surface area contributed by atoms with Crippen molar-refractivity contribution in [2.24, 2.45) is 0 Å². The van der Waals surface area contributed by atoms with E-state index in [4.69, 9.17) is 0 Å². The molecule has 0 aliphatic carbocycles. The van der Waals surface area contributed by atoms with Crippen molar-refractivity contribution in [3.8, 4) is 22.3 Å². The van der Waals surface area contributed by atoms with Crippen molar-refractivity contribution in [2.75, 3.05) is 31.9 Å². The van der Waals surface area contributed by atoms with Crippen molar-refractivity contribution in [3.05, 3.63) is 461 Å². The number of fused-ring (bicyclic) bond motifs is 4. The average molecular weight is 1370 g/mol. The van der Waals surface area contributed by atoms with E-state index in [0.29, 0.717) is 0 Å². The maximum absolute atomic E-state index is 3.59. The Balaban J connectivity index is 0.000000113. The van der Waals surface area contributed by atoms with Gasteiger partial charge in [-0.3, -0.25) is 0 Å². The maximum atomic E-state index is 3.59. The van der Waals surface area contributed by atoms with E-state index >= 15 is 0 Å². The summed E-state index contributed by atoms with van der Waals surface area (Å²) in [4.78, 5) is 0. The minimum atomic E-state index is 1.10. The monoisotopic (exact) mass is 1370 g/mol. The van der Waals surface area contributed by atoms with Crippen LogP contribution >= 0.6 is 0 Å². The van der Waals surface area contributed by atoms with Gasteiger partial charge in [0.05, 0.1) is 0 Å². The number of para-hydroxylation sites is 6. The summed E-state index contributed by atoms with van der Waals surface area (Å²) in [5.74, 6) is 0. The molecule has 0 aliphatic rings. The third kappa shape index (κ3) is 20.7. The Hall–Kier alpha value is -14.2. The lowest BCUT2D eigenvalue weighted by atomic mass is 10.1. The van der Waals surface area contributed by atoms with Crippen LogP contribution in [0.15, 0.2) is 461 Å². The number of rotatable bonds is 14. The van der Waals surface area contributed by atoms with E-state index in [9.17, 15) is 0 Å². The Morgan fingerprint density at radius 3 is 0.745 bits per heavy atom. The summed E-state index contributed by atoms with van der Waals surface area (Å²) in [5, 5.41) is 30.6. The van der Waals surface area contributed by atoms with Crippen molar-refractivity contribution < 1.29 is 0 Å². The maximum Gasteiger partial charge on any atom is 0.0464 e. The highest BCUT2D eigenvalue weighted by Crippen LogP contribution is 2.33. The molecule has 0 saturated heterocycles. The van der Waals surface area contributed by atoms with Crippen molar-refractivity contribution in [1.29, 1.82) is 0 Å². The molecule has 106 heavy (non-hydrogen) atoms. The van der Waals surface area contributed by atoms with Gasteiger partial charge in [-0.05, 0) is 177 Å². The van der Waals surface area contributed by atoms with Gasteiger partial charge in [0.25, 0.3) is 0 Å². The van der Waals surface area contributed by atoms with E-state index in [2.05, 4.69) is 347 Å². The molecule has 0 radical (unpaired) electrons. The molecule has 0 spiro atoms. The summed E-state index contributed by atoms with van der Waals surface area (Å²) < 4.78 is 0. The summed E-state index contributed by atoms with van der Waals surface area (Å²) in [6.07, 6.45) is 0. The first kappa shape index (κ1) is 70.2. The van der Waals surface area contributed by atoms with Gasteiger partial charge in [0.2, 0.25) is 0 Å². The largest absolute Gasteiger partial charge is 0.356 e. The van der Waals surface area contributed by atoms with Crippen molar-refractivity contribution in [1.82, 2.24) is 0 Å². The fraction of sp³-hybridized carbons (Fsp3) is 0. The second kappa shape index (κ2) is 37.5. The molecule has 0 unspecified atom stereocenters. The second-order valence-corrected chi connectivity index (χ2v) is 25.0. The van der Waals surface area contributed by atoms with Gasteiger partial charge in [-0.15, -0.1) is 0 Å². The molecular formula is C100H82N6. The van der Waals surface area contributed by atoms with Crippen LogP contribution < -0.4 is 31.9 Å². The van der Waals surface area contributed by atoms with Crippen LogP contribution in [0.5, 0.6) is 0 Å². The molecule has 0 atom stereocenters. The lowest BCUT2D eigenvalue weighted by molar-refractivity contribution is 1.54. The zero-order valence-corrected chi connectivity index (χ0v) is 58.9. The first-order chi connectivity index (χ1) is 52.5. The topological polar surface area (TPSA) is 72.2 Å². The Bertz CT molecular complexity index is 5480. The van der Waals surface area contributed by atoms with Crippen LogP contribution in [0.25, 0.3) is 65.3 Å². The molecule has 18 aromatic rings. The fourth-order valence-electron chi connectivity index (χ4n) is 12.2. The van der Waals surface area contributed by atoms with Crippen LogP contribution in [0.1, 0.15) is 0 Å². The summed E-state index contributed by atoms with van der Waals surface area (Å²) >= 11 is 0. The Morgan fingerprint density at radius 2 is 0.349 bits per heavy atom.